The predicted molar refractivity (Wildman–Crippen MR) is 107 cm³/mol. The molecule has 9 nitrogen and oxygen atoms in total. The molecule has 3 aliphatic heterocycles. The maximum atomic E-state index is 15.3. The summed E-state index contributed by atoms with van der Waals surface area (Å²) in [6.07, 6.45) is 4.03. The van der Waals surface area contributed by atoms with Crippen LogP contribution in [-0.2, 0) is 0 Å². The molecule has 5 rings (SSSR count). The highest BCUT2D eigenvalue weighted by Gasteiger charge is 2.35. The Hall–Kier alpha value is -3.27. The zero-order chi connectivity index (χ0) is 21.2. The number of aromatic nitrogens is 1. The molecule has 0 spiro atoms. The monoisotopic (exact) mass is 416 g/mol. The van der Waals surface area contributed by atoms with Crippen molar-refractivity contribution in [2.75, 3.05) is 49.9 Å². The highest BCUT2D eigenvalue weighted by molar-refractivity contribution is 5.97. The number of hydrogen-bond donors (Lipinski definition) is 2. The molecule has 1 aromatic carbocycles. The Morgan fingerprint density at radius 2 is 2.17 bits per heavy atom. The maximum absolute atomic E-state index is 15.3. The number of aromatic carboxylic acids is 1. The first kappa shape index (κ1) is 18.7. The second kappa shape index (κ2) is 6.63. The lowest BCUT2D eigenvalue weighted by molar-refractivity contribution is 0.0694. The average Bonchev–Trinajstić information content (AvgIpc) is 3.14. The maximum Gasteiger partial charge on any atom is 0.341 e. The Labute approximate surface area is 170 Å². The minimum absolute atomic E-state index is 0.0142. The zero-order valence-electron chi connectivity index (χ0n) is 16.3. The number of rotatable bonds is 3. The number of carbonyl (C=O) groups is 1. The van der Waals surface area contributed by atoms with E-state index in [1.54, 1.807) is 16.7 Å². The van der Waals surface area contributed by atoms with Crippen molar-refractivity contribution in [3.8, 4) is 5.75 Å². The molecule has 0 radical (unpaired) electrons. The largest absolute Gasteiger partial charge is 0.477 e. The van der Waals surface area contributed by atoms with Crippen molar-refractivity contribution >= 4 is 22.6 Å². The molecule has 2 aromatic rings. The molecule has 3 aliphatic rings. The first-order valence-corrected chi connectivity index (χ1v) is 9.71. The minimum Gasteiger partial charge on any atom is -0.477 e. The van der Waals surface area contributed by atoms with Gasteiger partial charge < -0.3 is 24.7 Å². The van der Waals surface area contributed by atoms with Crippen molar-refractivity contribution < 1.29 is 24.1 Å². The van der Waals surface area contributed by atoms with E-state index in [2.05, 4.69) is 4.90 Å². The molecule has 0 aliphatic carbocycles. The third kappa shape index (κ3) is 2.56. The highest BCUT2D eigenvalue weighted by atomic mass is 19.1. The number of ether oxygens (including phenoxy) is 1. The third-order valence-corrected chi connectivity index (χ3v) is 6.10. The van der Waals surface area contributed by atoms with E-state index in [1.165, 1.54) is 6.20 Å². The summed E-state index contributed by atoms with van der Waals surface area (Å²) in [5, 5.41) is 20.5. The predicted octanol–water partition coefficient (Wildman–Crippen LogP) is 0.527. The Morgan fingerprint density at radius 1 is 1.37 bits per heavy atom. The van der Waals surface area contributed by atoms with Crippen LogP contribution >= 0.6 is 0 Å². The van der Waals surface area contributed by atoms with E-state index < -0.39 is 22.8 Å². The van der Waals surface area contributed by atoms with E-state index in [4.69, 9.17) is 4.74 Å². The van der Waals surface area contributed by atoms with Gasteiger partial charge in [0.2, 0.25) is 5.43 Å². The SMILES string of the molecule is CN1COc2c(N3CCN4C(CO)=CCC4C3)c(F)cc3c(=O)c(C(=O)O)cn1c23. The second-order valence-corrected chi connectivity index (χ2v) is 7.77. The van der Waals surface area contributed by atoms with E-state index in [0.29, 0.717) is 25.2 Å². The van der Waals surface area contributed by atoms with Crippen molar-refractivity contribution in [2.24, 2.45) is 0 Å². The number of benzene rings is 1. The van der Waals surface area contributed by atoms with Gasteiger partial charge >= 0.3 is 5.97 Å². The van der Waals surface area contributed by atoms with Gasteiger partial charge in [-0.2, -0.15) is 0 Å². The van der Waals surface area contributed by atoms with Crippen molar-refractivity contribution in [2.45, 2.75) is 12.5 Å². The molecule has 0 amide bonds. The number of nitrogens with zero attached hydrogens (tertiary/aromatic N) is 4. The number of hydrogen-bond acceptors (Lipinski definition) is 7. The smallest absolute Gasteiger partial charge is 0.341 e. The lowest BCUT2D eigenvalue weighted by atomic mass is 10.1. The van der Waals surface area contributed by atoms with E-state index >= 15 is 4.39 Å². The van der Waals surface area contributed by atoms with Gasteiger partial charge in [-0.25, -0.2) is 9.18 Å². The number of carboxylic acids is 1. The van der Waals surface area contributed by atoms with E-state index in [-0.39, 0.29) is 36.2 Å². The van der Waals surface area contributed by atoms with Crippen LogP contribution in [0.5, 0.6) is 5.75 Å². The topological polar surface area (TPSA) is 98.5 Å². The van der Waals surface area contributed by atoms with Crippen LogP contribution in [0.1, 0.15) is 16.8 Å². The molecule has 30 heavy (non-hydrogen) atoms. The third-order valence-electron chi connectivity index (χ3n) is 6.10. The van der Waals surface area contributed by atoms with E-state index in [0.717, 1.165) is 18.2 Å². The number of aliphatic hydroxyl groups excluding tert-OH is 1. The fourth-order valence-corrected chi connectivity index (χ4v) is 4.65. The van der Waals surface area contributed by atoms with E-state index in [1.807, 2.05) is 11.0 Å². The number of anilines is 1. The number of pyridine rings is 1. The molecule has 1 atom stereocenters. The van der Waals surface area contributed by atoms with Crippen LogP contribution in [-0.4, -0.2) is 71.8 Å². The Kier molecular flexibility index (Phi) is 4.14. The summed E-state index contributed by atoms with van der Waals surface area (Å²) < 4.78 is 22.7. The van der Waals surface area contributed by atoms with Gasteiger partial charge in [-0.15, -0.1) is 0 Å². The first-order valence-electron chi connectivity index (χ1n) is 9.71. The van der Waals surface area contributed by atoms with Crippen LogP contribution < -0.4 is 20.1 Å². The molecule has 1 fully saturated rings. The van der Waals surface area contributed by atoms with Crippen LogP contribution in [0.4, 0.5) is 10.1 Å². The first-order chi connectivity index (χ1) is 14.4. The van der Waals surface area contributed by atoms with Gasteiger partial charge in [0.1, 0.15) is 16.8 Å². The van der Waals surface area contributed by atoms with Gasteiger partial charge in [-0.3, -0.25) is 14.5 Å². The molecule has 10 heteroatoms. The average molecular weight is 416 g/mol. The number of carboxylic acid groups (broad SMARTS) is 1. The molecule has 0 saturated carbocycles. The summed E-state index contributed by atoms with van der Waals surface area (Å²) in [5.41, 5.74) is 0.378. The van der Waals surface area contributed by atoms with Crippen molar-refractivity contribution in [1.29, 1.82) is 0 Å². The summed E-state index contributed by atoms with van der Waals surface area (Å²) in [5.74, 6) is -1.73. The number of fused-ring (bicyclic) bond motifs is 1. The summed E-state index contributed by atoms with van der Waals surface area (Å²) >= 11 is 0. The van der Waals surface area contributed by atoms with Crippen molar-refractivity contribution in [3.05, 3.63) is 45.6 Å². The molecule has 1 aromatic heterocycles. The fourth-order valence-electron chi connectivity index (χ4n) is 4.65. The number of piperazine rings is 1. The van der Waals surface area contributed by atoms with Gasteiger partial charge in [0.25, 0.3) is 0 Å². The number of aliphatic hydroxyl groups is 1. The summed E-state index contributed by atoms with van der Waals surface area (Å²) in [6.45, 7) is 1.78. The molecule has 2 N–H and O–H groups in total. The molecular weight excluding hydrogens is 395 g/mol. The molecule has 1 saturated heterocycles. The van der Waals surface area contributed by atoms with Crippen LogP contribution in [0.15, 0.2) is 28.8 Å². The highest BCUT2D eigenvalue weighted by Crippen LogP contribution is 2.41. The summed E-state index contributed by atoms with van der Waals surface area (Å²) in [6, 6.07) is 1.24. The Balaban J connectivity index is 1.65. The lowest BCUT2D eigenvalue weighted by Crippen LogP contribution is -2.51. The standard InChI is InChI=1S/C20H21FN4O5/c1-22-10-30-19-16-13(18(27)14(20(28)29)8-25(16)22)6-15(21)17(19)23-4-5-24-11(7-23)2-3-12(24)9-26/h3,6,8,11,26H,2,4-5,7,9-10H2,1H3,(H,28,29). The molecule has 158 valence electrons. The van der Waals surface area contributed by atoms with Crippen LogP contribution in [0.3, 0.4) is 0 Å². The fraction of sp³-hybridized carbons (Fsp3) is 0.400. The minimum atomic E-state index is -1.36. The van der Waals surface area contributed by atoms with Crippen LogP contribution in [0.25, 0.3) is 10.9 Å². The molecule has 4 heterocycles. The van der Waals surface area contributed by atoms with Gasteiger partial charge in [0.05, 0.1) is 12.0 Å². The zero-order valence-corrected chi connectivity index (χ0v) is 16.3. The second-order valence-electron chi connectivity index (χ2n) is 7.77. The van der Waals surface area contributed by atoms with Crippen LogP contribution in [0, 0.1) is 5.82 Å². The molecule has 0 bridgehead atoms. The van der Waals surface area contributed by atoms with Gasteiger partial charge in [-0.1, -0.05) is 6.08 Å². The number of halogens is 1. The quantitative estimate of drug-likeness (QED) is 0.748. The van der Waals surface area contributed by atoms with Crippen molar-refractivity contribution in [1.82, 2.24) is 9.58 Å². The van der Waals surface area contributed by atoms with E-state index in [9.17, 15) is 19.8 Å². The van der Waals surface area contributed by atoms with Crippen molar-refractivity contribution in [3.63, 3.8) is 0 Å². The Bertz CT molecular complexity index is 1160. The summed E-state index contributed by atoms with van der Waals surface area (Å²) in [7, 11) is 1.70. The lowest BCUT2D eigenvalue weighted by Gasteiger charge is -2.42. The van der Waals surface area contributed by atoms with Gasteiger partial charge in [-0.05, 0) is 12.5 Å². The van der Waals surface area contributed by atoms with Crippen LogP contribution in [0.2, 0.25) is 0 Å². The van der Waals surface area contributed by atoms with Gasteiger partial charge in [0.15, 0.2) is 18.3 Å². The normalized spacial score (nSPS) is 20.3. The summed E-state index contributed by atoms with van der Waals surface area (Å²) in [4.78, 5) is 28.3. The molecular formula is C20H21FN4O5. The van der Waals surface area contributed by atoms with Gasteiger partial charge in [0, 0.05) is 44.6 Å². The Morgan fingerprint density at radius 3 is 2.90 bits per heavy atom. The molecule has 1 unspecified atom stereocenters.